The summed E-state index contributed by atoms with van der Waals surface area (Å²) in [7, 11) is 1.77. The fourth-order valence-electron chi connectivity index (χ4n) is 2.49. The lowest BCUT2D eigenvalue weighted by atomic mass is 10.1. The molecule has 0 saturated carbocycles. The first-order valence-corrected chi connectivity index (χ1v) is 7.87. The number of aryl methyl sites for hydroxylation is 3. The largest absolute Gasteiger partial charge is 0.356 e. The molecule has 6 nitrogen and oxygen atoms in total. The van der Waals surface area contributed by atoms with Gasteiger partial charge in [0.25, 0.3) is 0 Å². The van der Waals surface area contributed by atoms with Gasteiger partial charge in [-0.25, -0.2) is 0 Å². The van der Waals surface area contributed by atoms with Gasteiger partial charge in [-0.2, -0.15) is 4.98 Å². The summed E-state index contributed by atoms with van der Waals surface area (Å²) in [4.78, 5) is 8.39. The van der Waals surface area contributed by atoms with E-state index in [4.69, 9.17) is 4.52 Å². The first-order chi connectivity index (χ1) is 11.1. The highest BCUT2D eigenvalue weighted by molar-refractivity contribution is 14.0. The average molecular weight is 443 g/mol. The molecule has 0 amide bonds. The number of nitrogens with one attached hydrogen (secondary N) is 2. The Kier molecular flexibility index (Phi) is 8.73. The Morgan fingerprint density at radius 2 is 1.67 bits per heavy atom. The second kappa shape index (κ2) is 10.3. The third kappa shape index (κ3) is 6.86. The van der Waals surface area contributed by atoms with E-state index in [1.807, 2.05) is 6.92 Å². The third-order valence-corrected chi connectivity index (χ3v) is 3.41. The SMILES string of the molecule is CN=C(NCCc1cc(C)cc(C)c1)NCCc1nc(C)no1.I. The molecule has 7 heteroatoms. The van der Waals surface area contributed by atoms with Gasteiger partial charge < -0.3 is 15.2 Å². The van der Waals surface area contributed by atoms with Gasteiger partial charge >= 0.3 is 0 Å². The van der Waals surface area contributed by atoms with Crippen LogP contribution in [-0.2, 0) is 12.8 Å². The van der Waals surface area contributed by atoms with Crippen LogP contribution in [0.15, 0.2) is 27.7 Å². The van der Waals surface area contributed by atoms with E-state index in [-0.39, 0.29) is 24.0 Å². The fourth-order valence-corrected chi connectivity index (χ4v) is 2.49. The first-order valence-electron chi connectivity index (χ1n) is 7.87. The zero-order valence-electron chi connectivity index (χ0n) is 14.7. The molecule has 2 N–H and O–H groups in total. The van der Waals surface area contributed by atoms with Crippen LogP contribution in [0.3, 0.4) is 0 Å². The number of guanidine groups is 1. The van der Waals surface area contributed by atoms with E-state index in [0.29, 0.717) is 24.7 Å². The van der Waals surface area contributed by atoms with Crippen molar-refractivity contribution in [2.24, 2.45) is 4.99 Å². The fraction of sp³-hybridized carbons (Fsp3) is 0.471. The third-order valence-electron chi connectivity index (χ3n) is 3.41. The maximum atomic E-state index is 5.08. The van der Waals surface area contributed by atoms with Crippen molar-refractivity contribution in [2.45, 2.75) is 33.6 Å². The topological polar surface area (TPSA) is 75.3 Å². The van der Waals surface area contributed by atoms with Crippen molar-refractivity contribution in [1.29, 1.82) is 0 Å². The van der Waals surface area contributed by atoms with Gasteiger partial charge in [0.15, 0.2) is 11.8 Å². The van der Waals surface area contributed by atoms with E-state index in [9.17, 15) is 0 Å². The van der Waals surface area contributed by atoms with Crippen molar-refractivity contribution in [1.82, 2.24) is 20.8 Å². The van der Waals surface area contributed by atoms with Crippen LogP contribution in [-0.4, -0.2) is 36.2 Å². The molecule has 2 aromatic rings. The Labute approximate surface area is 160 Å². The number of aliphatic imine (C=N–C) groups is 1. The van der Waals surface area contributed by atoms with Crippen molar-refractivity contribution in [3.63, 3.8) is 0 Å². The highest BCUT2D eigenvalue weighted by atomic mass is 127. The molecule has 0 radical (unpaired) electrons. The Hall–Kier alpha value is -1.64. The minimum absolute atomic E-state index is 0. The van der Waals surface area contributed by atoms with Gasteiger partial charge in [0, 0.05) is 26.6 Å². The lowest BCUT2D eigenvalue weighted by Crippen LogP contribution is -2.39. The summed E-state index contributed by atoms with van der Waals surface area (Å²) in [6.45, 7) is 7.61. The molecule has 0 fully saturated rings. The van der Waals surface area contributed by atoms with Crippen molar-refractivity contribution in [2.75, 3.05) is 20.1 Å². The number of halogens is 1. The summed E-state index contributed by atoms with van der Waals surface area (Å²) in [5.74, 6) is 2.09. The summed E-state index contributed by atoms with van der Waals surface area (Å²) < 4.78 is 5.08. The van der Waals surface area contributed by atoms with Crippen LogP contribution in [0.4, 0.5) is 0 Å². The van der Waals surface area contributed by atoms with E-state index >= 15 is 0 Å². The Balaban J connectivity index is 0.00000288. The molecular formula is C17H26IN5O. The summed E-state index contributed by atoms with van der Waals surface area (Å²) in [6, 6.07) is 6.64. The standard InChI is InChI=1S/C17H25N5O.HI/c1-12-9-13(2)11-15(10-12)5-7-19-17(18-4)20-8-6-16-21-14(3)22-23-16;/h9-11H,5-8H2,1-4H3,(H2,18,19,20);1H. The molecule has 0 aliphatic carbocycles. The predicted molar refractivity (Wildman–Crippen MR) is 107 cm³/mol. The van der Waals surface area contributed by atoms with Crippen LogP contribution in [0.1, 0.15) is 28.4 Å². The summed E-state index contributed by atoms with van der Waals surface area (Å²) in [6.07, 6.45) is 1.64. The van der Waals surface area contributed by atoms with Gasteiger partial charge in [0.2, 0.25) is 5.89 Å². The van der Waals surface area contributed by atoms with Crippen LogP contribution in [0, 0.1) is 20.8 Å². The zero-order valence-corrected chi connectivity index (χ0v) is 17.0. The Bertz CT molecular complexity index is 649. The minimum atomic E-state index is 0. The molecule has 0 saturated heterocycles. The van der Waals surface area contributed by atoms with E-state index in [2.05, 4.69) is 57.8 Å². The summed E-state index contributed by atoms with van der Waals surface area (Å²) in [5.41, 5.74) is 3.95. The minimum Gasteiger partial charge on any atom is -0.356 e. The quantitative estimate of drug-likeness (QED) is 0.408. The number of benzene rings is 1. The molecule has 1 aromatic carbocycles. The predicted octanol–water partition coefficient (Wildman–Crippen LogP) is 2.56. The second-order valence-corrected chi connectivity index (χ2v) is 5.66. The maximum Gasteiger partial charge on any atom is 0.228 e. The van der Waals surface area contributed by atoms with Crippen LogP contribution < -0.4 is 10.6 Å². The van der Waals surface area contributed by atoms with Gasteiger partial charge in [-0.15, -0.1) is 24.0 Å². The van der Waals surface area contributed by atoms with Crippen molar-refractivity contribution >= 4 is 29.9 Å². The van der Waals surface area contributed by atoms with Crippen LogP contribution in [0.25, 0.3) is 0 Å². The normalized spacial score (nSPS) is 11.1. The van der Waals surface area contributed by atoms with Gasteiger partial charge in [-0.05, 0) is 32.8 Å². The molecule has 1 aromatic heterocycles. The number of nitrogens with zero attached hydrogens (tertiary/aromatic N) is 3. The van der Waals surface area contributed by atoms with Crippen molar-refractivity contribution in [3.05, 3.63) is 46.6 Å². The zero-order chi connectivity index (χ0) is 16.7. The molecule has 0 spiro atoms. The molecule has 2 rings (SSSR count). The van der Waals surface area contributed by atoms with E-state index < -0.39 is 0 Å². The van der Waals surface area contributed by atoms with E-state index in [1.54, 1.807) is 7.05 Å². The highest BCUT2D eigenvalue weighted by Crippen LogP contribution is 2.08. The van der Waals surface area contributed by atoms with Crippen LogP contribution in [0.5, 0.6) is 0 Å². The van der Waals surface area contributed by atoms with Gasteiger partial charge in [-0.1, -0.05) is 34.5 Å². The smallest absolute Gasteiger partial charge is 0.228 e. The van der Waals surface area contributed by atoms with E-state index in [0.717, 1.165) is 18.9 Å². The maximum absolute atomic E-state index is 5.08. The van der Waals surface area contributed by atoms with Crippen LogP contribution in [0.2, 0.25) is 0 Å². The number of rotatable bonds is 6. The molecule has 1 heterocycles. The highest BCUT2D eigenvalue weighted by Gasteiger charge is 2.03. The second-order valence-electron chi connectivity index (χ2n) is 5.66. The number of hydrogen-bond acceptors (Lipinski definition) is 4. The van der Waals surface area contributed by atoms with Gasteiger partial charge in [0.05, 0.1) is 0 Å². The lowest BCUT2D eigenvalue weighted by molar-refractivity contribution is 0.374. The molecule has 0 bridgehead atoms. The molecular weight excluding hydrogens is 417 g/mol. The monoisotopic (exact) mass is 443 g/mol. The van der Waals surface area contributed by atoms with Crippen molar-refractivity contribution < 1.29 is 4.52 Å². The van der Waals surface area contributed by atoms with Crippen LogP contribution >= 0.6 is 24.0 Å². The number of hydrogen-bond donors (Lipinski definition) is 2. The first kappa shape index (κ1) is 20.4. The molecule has 132 valence electrons. The molecule has 0 aliphatic rings. The van der Waals surface area contributed by atoms with Crippen molar-refractivity contribution in [3.8, 4) is 0 Å². The molecule has 0 aliphatic heterocycles. The van der Waals surface area contributed by atoms with Gasteiger partial charge in [0.1, 0.15) is 0 Å². The van der Waals surface area contributed by atoms with E-state index in [1.165, 1.54) is 16.7 Å². The molecule has 0 unspecified atom stereocenters. The Morgan fingerprint density at radius 3 is 2.21 bits per heavy atom. The summed E-state index contributed by atoms with van der Waals surface area (Å²) >= 11 is 0. The Morgan fingerprint density at radius 1 is 1.04 bits per heavy atom. The molecule has 24 heavy (non-hydrogen) atoms. The number of aromatic nitrogens is 2. The summed E-state index contributed by atoms with van der Waals surface area (Å²) in [5, 5.41) is 10.3. The average Bonchev–Trinajstić information content (AvgIpc) is 2.90. The molecule has 0 atom stereocenters. The van der Waals surface area contributed by atoms with Gasteiger partial charge in [-0.3, -0.25) is 4.99 Å². The lowest BCUT2D eigenvalue weighted by Gasteiger charge is -2.11.